The van der Waals surface area contributed by atoms with Gasteiger partial charge in [-0.05, 0) is 35.2 Å². The van der Waals surface area contributed by atoms with Crippen LogP contribution < -0.4 is 9.80 Å². The molecule has 44 heavy (non-hydrogen) atoms. The molecule has 7 rings (SSSR count). The summed E-state index contributed by atoms with van der Waals surface area (Å²) < 4.78 is 6.30. The molecule has 0 aromatic heterocycles. The van der Waals surface area contributed by atoms with Gasteiger partial charge in [-0.3, -0.25) is 19.7 Å². The van der Waals surface area contributed by atoms with Crippen molar-refractivity contribution in [2.45, 2.75) is 25.1 Å². The summed E-state index contributed by atoms with van der Waals surface area (Å²) in [7, 11) is 0. The number of carbonyl (C=O) groups is 3. The summed E-state index contributed by atoms with van der Waals surface area (Å²) in [5.74, 6) is -3.68. The van der Waals surface area contributed by atoms with Crippen molar-refractivity contribution in [3.63, 3.8) is 0 Å². The third-order valence-corrected chi connectivity index (χ3v) is 8.74. The van der Waals surface area contributed by atoms with Crippen LogP contribution >= 0.6 is 0 Å². The Kier molecular flexibility index (Phi) is 6.58. The fourth-order valence-electron chi connectivity index (χ4n) is 6.74. The van der Waals surface area contributed by atoms with Crippen molar-refractivity contribution in [2.24, 2.45) is 11.8 Å². The second-order valence-corrected chi connectivity index (χ2v) is 11.2. The van der Waals surface area contributed by atoms with E-state index >= 15 is 0 Å². The smallest absolute Gasteiger partial charge is 0.330 e. The molecule has 4 aromatic rings. The van der Waals surface area contributed by atoms with Crippen LogP contribution in [0.25, 0.3) is 6.08 Å². The van der Waals surface area contributed by atoms with E-state index < -0.39 is 52.7 Å². The Bertz CT molecular complexity index is 1800. The van der Waals surface area contributed by atoms with E-state index in [4.69, 9.17) is 4.74 Å². The molecule has 9 heteroatoms. The van der Waals surface area contributed by atoms with Gasteiger partial charge in [0.05, 0.1) is 28.5 Å². The first-order chi connectivity index (χ1) is 21.3. The molecule has 2 amide bonds. The minimum atomic E-state index is -1.12. The van der Waals surface area contributed by atoms with Gasteiger partial charge in [-0.1, -0.05) is 97.1 Å². The molecule has 0 bridgehead atoms. The number of ether oxygens (including phenoxy) is 1. The zero-order valence-electron chi connectivity index (χ0n) is 23.6. The summed E-state index contributed by atoms with van der Waals surface area (Å²) in [6.45, 7) is 1.69. The lowest BCUT2D eigenvalue weighted by Crippen LogP contribution is -2.49. The molecule has 0 aliphatic carbocycles. The van der Waals surface area contributed by atoms with Gasteiger partial charge in [0.15, 0.2) is 6.10 Å². The maximum atomic E-state index is 14.5. The lowest BCUT2D eigenvalue weighted by atomic mass is 9.88. The van der Waals surface area contributed by atoms with Crippen molar-refractivity contribution in [3.8, 4) is 0 Å². The van der Waals surface area contributed by atoms with Gasteiger partial charge >= 0.3 is 5.97 Å². The Morgan fingerprint density at radius 1 is 0.818 bits per heavy atom. The first-order valence-electron chi connectivity index (χ1n) is 14.3. The normalized spacial score (nSPS) is 21.7. The zero-order chi connectivity index (χ0) is 30.5. The maximum absolute atomic E-state index is 14.5. The van der Waals surface area contributed by atoms with Gasteiger partial charge in [0.2, 0.25) is 11.8 Å². The van der Waals surface area contributed by atoms with Crippen LogP contribution in [0.5, 0.6) is 0 Å². The molecule has 3 heterocycles. The van der Waals surface area contributed by atoms with Crippen LogP contribution in [0.1, 0.15) is 28.4 Å². The lowest BCUT2D eigenvalue weighted by molar-refractivity contribution is -0.384. The van der Waals surface area contributed by atoms with Crippen LogP contribution in [0.2, 0.25) is 0 Å². The molecule has 9 nitrogen and oxygen atoms in total. The number of carbonyl (C=O) groups excluding carboxylic acids is 3. The van der Waals surface area contributed by atoms with Crippen LogP contribution in [0.4, 0.5) is 17.1 Å². The highest BCUT2D eigenvalue weighted by Gasteiger charge is 2.65. The summed E-state index contributed by atoms with van der Waals surface area (Å²) in [5, 5.41) is 11.6. The Labute approximate surface area is 253 Å². The van der Waals surface area contributed by atoms with E-state index in [1.165, 1.54) is 18.2 Å². The molecular weight excluding hydrogens is 558 g/mol. The molecule has 218 valence electrons. The second-order valence-electron chi connectivity index (χ2n) is 11.2. The van der Waals surface area contributed by atoms with Crippen LogP contribution in [0, 0.1) is 28.9 Å². The summed E-state index contributed by atoms with van der Waals surface area (Å²) in [5.41, 5.74) is 3.56. The van der Waals surface area contributed by atoms with E-state index in [-0.39, 0.29) is 11.4 Å². The van der Waals surface area contributed by atoms with Crippen molar-refractivity contribution < 1.29 is 24.0 Å². The molecule has 4 atom stereocenters. The fraction of sp³-hybridized carbons (Fsp3) is 0.171. The number of non-ortho nitro benzene ring substituents is 1. The van der Waals surface area contributed by atoms with Crippen LogP contribution in [0.3, 0.4) is 0 Å². The van der Waals surface area contributed by atoms with Gasteiger partial charge in [0.25, 0.3) is 5.69 Å². The van der Waals surface area contributed by atoms with Crippen molar-refractivity contribution >= 4 is 40.9 Å². The van der Waals surface area contributed by atoms with Crippen molar-refractivity contribution in [1.29, 1.82) is 0 Å². The molecular formula is C35H27N3O6. The number of aryl methyl sites for hydroxylation is 1. The zero-order valence-corrected chi connectivity index (χ0v) is 23.6. The Morgan fingerprint density at radius 3 is 2.09 bits per heavy atom. The summed E-state index contributed by atoms with van der Waals surface area (Å²) in [6.07, 6.45) is 3.01. The number of fused-ring (bicyclic) bond motifs is 5. The van der Waals surface area contributed by atoms with Crippen molar-refractivity contribution in [2.75, 3.05) is 9.80 Å². The molecule has 0 N–H and O–H groups in total. The predicted octanol–water partition coefficient (Wildman–Crippen LogP) is 5.63. The minimum Gasteiger partial charge on any atom is -0.451 e. The largest absolute Gasteiger partial charge is 0.451 e. The average Bonchev–Trinajstić information content (AvgIpc) is 3.53. The molecule has 3 aliphatic rings. The van der Waals surface area contributed by atoms with Crippen molar-refractivity contribution in [3.05, 3.63) is 142 Å². The lowest BCUT2D eigenvalue weighted by Gasteiger charge is -2.36. The van der Waals surface area contributed by atoms with E-state index in [2.05, 4.69) is 0 Å². The first kappa shape index (κ1) is 27.3. The Morgan fingerprint density at radius 2 is 1.43 bits per heavy atom. The van der Waals surface area contributed by atoms with Crippen LogP contribution in [-0.2, 0) is 19.1 Å². The van der Waals surface area contributed by atoms with E-state index in [1.807, 2.05) is 102 Å². The Hall–Kier alpha value is -5.57. The third kappa shape index (κ3) is 4.27. The number of anilines is 2. The first-order valence-corrected chi connectivity index (χ1v) is 14.3. The van der Waals surface area contributed by atoms with E-state index in [9.17, 15) is 24.5 Å². The summed E-state index contributed by atoms with van der Waals surface area (Å²) in [4.78, 5) is 56.8. The number of rotatable bonds is 6. The van der Waals surface area contributed by atoms with E-state index in [0.717, 1.165) is 27.3 Å². The number of nitro benzene ring substituents is 1. The highest BCUT2D eigenvalue weighted by atomic mass is 16.6. The van der Waals surface area contributed by atoms with Gasteiger partial charge in [-0.15, -0.1) is 0 Å². The van der Waals surface area contributed by atoms with Gasteiger partial charge < -0.3 is 9.64 Å². The predicted molar refractivity (Wildman–Crippen MR) is 164 cm³/mol. The molecule has 0 spiro atoms. The molecule has 4 aromatic carbocycles. The molecule has 0 unspecified atom stereocenters. The summed E-state index contributed by atoms with van der Waals surface area (Å²) in [6, 6.07) is 28.6. The highest BCUT2D eigenvalue weighted by Crippen LogP contribution is 2.50. The molecule has 3 aliphatic heterocycles. The number of esters is 1. The van der Waals surface area contributed by atoms with E-state index in [0.29, 0.717) is 5.56 Å². The standard InChI is InChI=1S/C35H27N3O6/c1-21-16-18-25(38(42)43)20-28(21)37-33(39)29-27-19-17-22-10-8-9-15-26(22)36(27)31(30(29)34(37)40)35(41)44-32(23-11-4-2-5-12-23)24-13-6-3-7-14-24/h2-20,27,29-32H,1H3/t27-,29+,30+,31-/m1/s1. The molecule has 2 saturated heterocycles. The number of para-hydroxylation sites is 1. The number of hydrogen-bond acceptors (Lipinski definition) is 7. The van der Waals surface area contributed by atoms with E-state index in [1.54, 1.807) is 6.92 Å². The fourth-order valence-corrected chi connectivity index (χ4v) is 6.74. The third-order valence-electron chi connectivity index (χ3n) is 8.74. The second kappa shape index (κ2) is 10.6. The topological polar surface area (TPSA) is 110 Å². The van der Waals surface area contributed by atoms with Gasteiger partial charge in [0.1, 0.15) is 6.04 Å². The Balaban J connectivity index is 1.33. The monoisotopic (exact) mass is 585 g/mol. The quantitative estimate of drug-likeness (QED) is 0.125. The van der Waals surface area contributed by atoms with Gasteiger partial charge in [0, 0.05) is 17.8 Å². The number of hydrogen-bond donors (Lipinski definition) is 0. The van der Waals surface area contributed by atoms with Gasteiger partial charge in [-0.25, -0.2) is 9.69 Å². The number of nitro groups is 1. The number of nitrogens with zero attached hydrogens (tertiary/aromatic N) is 3. The minimum absolute atomic E-state index is 0.147. The van der Waals surface area contributed by atoms with Crippen LogP contribution in [-0.4, -0.2) is 34.8 Å². The number of imide groups is 1. The SMILES string of the molecule is Cc1ccc([N+](=O)[O-])cc1N1C(=O)[C@@H]2[C@H](C1=O)[C@H](C(=O)OC(c1ccccc1)c1ccccc1)N1c3ccccc3C=C[C@H]21. The molecule has 0 saturated carbocycles. The van der Waals surface area contributed by atoms with Crippen molar-refractivity contribution in [1.82, 2.24) is 0 Å². The van der Waals surface area contributed by atoms with Crippen LogP contribution in [0.15, 0.2) is 109 Å². The average molecular weight is 586 g/mol. The molecule has 2 fully saturated rings. The highest BCUT2D eigenvalue weighted by molar-refractivity contribution is 6.25. The maximum Gasteiger partial charge on any atom is 0.330 e. The number of amides is 2. The number of benzene rings is 4. The summed E-state index contributed by atoms with van der Waals surface area (Å²) >= 11 is 0. The molecule has 0 radical (unpaired) electrons. The van der Waals surface area contributed by atoms with Gasteiger partial charge in [-0.2, -0.15) is 0 Å².